The summed E-state index contributed by atoms with van der Waals surface area (Å²) in [5, 5.41) is 5.58. The van der Waals surface area contributed by atoms with Gasteiger partial charge in [0.1, 0.15) is 5.75 Å². The first kappa shape index (κ1) is 16.5. The number of pyridine rings is 1. The highest BCUT2D eigenvalue weighted by Gasteiger charge is 2.17. The van der Waals surface area contributed by atoms with Gasteiger partial charge in [0.15, 0.2) is 0 Å². The van der Waals surface area contributed by atoms with E-state index in [2.05, 4.69) is 15.6 Å². The van der Waals surface area contributed by atoms with E-state index in [0.717, 1.165) is 11.3 Å². The van der Waals surface area contributed by atoms with Crippen LogP contribution in [0.15, 0.2) is 48.8 Å². The molecule has 6 nitrogen and oxygen atoms in total. The van der Waals surface area contributed by atoms with Gasteiger partial charge in [0.05, 0.1) is 19.6 Å². The Hall–Kier alpha value is -2.89. The lowest BCUT2D eigenvalue weighted by Gasteiger charge is -2.18. The number of aromatic nitrogens is 1. The number of nitrogens with zero attached hydrogens (tertiary/aromatic N) is 1. The third-order valence-electron chi connectivity index (χ3n) is 3.25. The van der Waals surface area contributed by atoms with Gasteiger partial charge in [-0.3, -0.25) is 14.6 Å². The third kappa shape index (κ3) is 5.10. The lowest BCUT2D eigenvalue weighted by atomic mass is 10.0. The van der Waals surface area contributed by atoms with Gasteiger partial charge in [0, 0.05) is 25.0 Å². The highest BCUT2D eigenvalue weighted by atomic mass is 16.5. The molecule has 0 saturated carbocycles. The van der Waals surface area contributed by atoms with Crippen molar-refractivity contribution in [2.75, 3.05) is 12.4 Å². The van der Waals surface area contributed by atoms with E-state index in [9.17, 15) is 9.59 Å². The van der Waals surface area contributed by atoms with Gasteiger partial charge >= 0.3 is 0 Å². The zero-order valence-corrected chi connectivity index (χ0v) is 13.1. The summed E-state index contributed by atoms with van der Waals surface area (Å²) < 4.78 is 5.12. The molecule has 0 saturated heterocycles. The average Bonchev–Trinajstić information content (AvgIpc) is 2.55. The van der Waals surface area contributed by atoms with Gasteiger partial charge in [-0.2, -0.15) is 0 Å². The summed E-state index contributed by atoms with van der Waals surface area (Å²) in [6.45, 7) is 1.43. The number of amides is 2. The fraction of sp³-hybridized carbons (Fsp3) is 0.235. The molecular weight excluding hydrogens is 294 g/mol. The Morgan fingerprint density at radius 3 is 2.35 bits per heavy atom. The van der Waals surface area contributed by atoms with Gasteiger partial charge in [-0.15, -0.1) is 0 Å². The van der Waals surface area contributed by atoms with Crippen molar-refractivity contribution >= 4 is 17.5 Å². The molecular formula is C17H19N3O3. The summed E-state index contributed by atoms with van der Waals surface area (Å²) in [4.78, 5) is 27.5. The highest BCUT2D eigenvalue weighted by Crippen LogP contribution is 2.21. The summed E-state index contributed by atoms with van der Waals surface area (Å²) in [6, 6.07) is 10.3. The molecule has 120 valence electrons. The number of rotatable bonds is 6. The first-order valence-electron chi connectivity index (χ1n) is 7.19. The van der Waals surface area contributed by atoms with Crippen molar-refractivity contribution in [3.8, 4) is 5.75 Å². The maximum atomic E-state index is 12.2. The van der Waals surface area contributed by atoms with Gasteiger partial charge < -0.3 is 15.4 Å². The molecule has 2 aromatic rings. The molecule has 1 unspecified atom stereocenters. The minimum Gasteiger partial charge on any atom is -0.497 e. The molecule has 2 amide bonds. The van der Waals surface area contributed by atoms with Crippen LogP contribution in [-0.2, 0) is 9.59 Å². The molecule has 0 aliphatic carbocycles. The third-order valence-corrected chi connectivity index (χ3v) is 3.25. The molecule has 6 heteroatoms. The Balaban J connectivity index is 2.08. The topological polar surface area (TPSA) is 80.3 Å². The number of ether oxygens (including phenoxy) is 1. The fourth-order valence-electron chi connectivity index (χ4n) is 2.17. The summed E-state index contributed by atoms with van der Waals surface area (Å²) >= 11 is 0. The monoisotopic (exact) mass is 313 g/mol. The van der Waals surface area contributed by atoms with Gasteiger partial charge in [-0.05, 0) is 29.8 Å². The van der Waals surface area contributed by atoms with Crippen LogP contribution in [0.1, 0.15) is 24.9 Å². The van der Waals surface area contributed by atoms with Gasteiger partial charge in [0.25, 0.3) is 0 Å². The number of benzene rings is 1. The molecule has 1 atom stereocenters. The van der Waals surface area contributed by atoms with Crippen LogP contribution < -0.4 is 15.4 Å². The number of nitrogens with one attached hydrogen (secondary N) is 2. The fourth-order valence-corrected chi connectivity index (χ4v) is 2.17. The van der Waals surface area contributed by atoms with Crippen LogP contribution in [0.4, 0.5) is 5.69 Å². The van der Waals surface area contributed by atoms with Crippen molar-refractivity contribution in [2.45, 2.75) is 19.4 Å². The van der Waals surface area contributed by atoms with Crippen molar-refractivity contribution in [3.05, 3.63) is 54.4 Å². The lowest BCUT2D eigenvalue weighted by molar-refractivity contribution is -0.120. The zero-order chi connectivity index (χ0) is 16.7. The second-order valence-corrected chi connectivity index (χ2v) is 5.01. The van der Waals surface area contributed by atoms with Gasteiger partial charge in [0.2, 0.25) is 11.8 Å². The summed E-state index contributed by atoms with van der Waals surface area (Å²) in [6.07, 6.45) is 3.34. The van der Waals surface area contributed by atoms with E-state index in [1.807, 2.05) is 12.1 Å². The minimum absolute atomic E-state index is 0.133. The molecule has 1 aromatic carbocycles. The molecule has 0 spiro atoms. The van der Waals surface area contributed by atoms with Gasteiger partial charge in [-0.1, -0.05) is 12.1 Å². The number of carbonyl (C=O) groups excluding carboxylic acids is 2. The summed E-state index contributed by atoms with van der Waals surface area (Å²) in [5.41, 5.74) is 1.51. The van der Waals surface area contributed by atoms with Crippen LogP contribution in [0, 0.1) is 0 Å². The van der Waals surface area contributed by atoms with Crippen molar-refractivity contribution in [2.24, 2.45) is 0 Å². The molecule has 0 fully saturated rings. The Bertz CT molecular complexity index is 657. The SMILES string of the molecule is COc1ccc(C(CC(=O)Nc2ccncc2)NC(C)=O)cc1. The Morgan fingerprint density at radius 2 is 1.78 bits per heavy atom. The van der Waals surface area contributed by atoms with E-state index >= 15 is 0 Å². The van der Waals surface area contributed by atoms with E-state index in [0.29, 0.717) is 5.69 Å². The van der Waals surface area contributed by atoms with Gasteiger partial charge in [-0.25, -0.2) is 0 Å². The van der Waals surface area contributed by atoms with Crippen LogP contribution in [0.3, 0.4) is 0 Å². The minimum atomic E-state index is -0.403. The normalized spacial score (nSPS) is 11.4. The van der Waals surface area contributed by atoms with Crippen LogP contribution in [-0.4, -0.2) is 23.9 Å². The van der Waals surface area contributed by atoms with Crippen LogP contribution >= 0.6 is 0 Å². The van der Waals surface area contributed by atoms with Crippen LogP contribution in [0.5, 0.6) is 5.75 Å². The average molecular weight is 313 g/mol. The van der Waals surface area contributed by atoms with Crippen LogP contribution in [0.2, 0.25) is 0 Å². The molecule has 1 heterocycles. The number of anilines is 1. The molecule has 0 aliphatic rings. The molecule has 23 heavy (non-hydrogen) atoms. The maximum Gasteiger partial charge on any atom is 0.226 e. The maximum absolute atomic E-state index is 12.2. The van der Waals surface area contributed by atoms with E-state index in [4.69, 9.17) is 4.74 Å². The molecule has 1 aromatic heterocycles. The predicted molar refractivity (Wildman–Crippen MR) is 87.0 cm³/mol. The summed E-state index contributed by atoms with van der Waals surface area (Å²) in [7, 11) is 1.59. The second-order valence-electron chi connectivity index (χ2n) is 5.01. The largest absolute Gasteiger partial charge is 0.497 e. The molecule has 0 radical (unpaired) electrons. The van der Waals surface area contributed by atoms with E-state index in [1.54, 1.807) is 43.8 Å². The zero-order valence-electron chi connectivity index (χ0n) is 13.1. The summed E-state index contributed by atoms with van der Waals surface area (Å²) in [5.74, 6) is 0.338. The number of methoxy groups -OCH3 is 1. The van der Waals surface area contributed by atoms with Crippen molar-refractivity contribution in [1.29, 1.82) is 0 Å². The molecule has 0 bridgehead atoms. The molecule has 2 N–H and O–H groups in total. The Morgan fingerprint density at radius 1 is 1.13 bits per heavy atom. The van der Waals surface area contributed by atoms with Crippen molar-refractivity contribution in [3.63, 3.8) is 0 Å². The lowest BCUT2D eigenvalue weighted by Crippen LogP contribution is -2.29. The first-order valence-corrected chi connectivity index (χ1v) is 7.19. The Labute approximate surface area is 134 Å². The standard InChI is InChI=1S/C17H19N3O3/c1-12(21)19-16(13-3-5-15(23-2)6-4-13)11-17(22)20-14-7-9-18-10-8-14/h3-10,16H,11H2,1-2H3,(H,19,21)(H,18,20,22). The first-order chi connectivity index (χ1) is 11.1. The number of hydrogen-bond acceptors (Lipinski definition) is 4. The molecule has 0 aliphatic heterocycles. The van der Waals surface area contributed by atoms with Crippen molar-refractivity contribution < 1.29 is 14.3 Å². The number of hydrogen-bond donors (Lipinski definition) is 2. The van der Waals surface area contributed by atoms with E-state index < -0.39 is 6.04 Å². The molecule has 2 rings (SSSR count). The highest BCUT2D eigenvalue weighted by molar-refractivity contribution is 5.91. The van der Waals surface area contributed by atoms with Crippen molar-refractivity contribution in [1.82, 2.24) is 10.3 Å². The van der Waals surface area contributed by atoms with E-state index in [1.165, 1.54) is 6.92 Å². The smallest absolute Gasteiger partial charge is 0.226 e. The quantitative estimate of drug-likeness (QED) is 0.857. The van der Waals surface area contributed by atoms with E-state index in [-0.39, 0.29) is 18.2 Å². The predicted octanol–water partition coefficient (Wildman–Crippen LogP) is 2.30. The van der Waals surface area contributed by atoms with Crippen LogP contribution in [0.25, 0.3) is 0 Å². The number of carbonyl (C=O) groups is 2. The second kappa shape index (κ2) is 7.93. The Kier molecular flexibility index (Phi) is 5.68.